The fourth-order valence-electron chi connectivity index (χ4n) is 1.50. The van der Waals surface area contributed by atoms with Crippen molar-refractivity contribution in [1.29, 1.82) is 0 Å². The second-order valence-corrected chi connectivity index (χ2v) is 5.39. The van der Waals surface area contributed by atoms with E-state index in [0.29, 0.717) is 15.8 Å². The molecule has 4 heteroatoms. The van der Waals surface area contributed by atoms with Gasteiger partial charge in [-0.15, -0.1) is 11.8 Å². The monoisotopic (exact) mass is 231 g/mol. The topological polar surface area (TPSA) is 12.0 Å². The number of benzene rings is 1. The van der Waals surface area contributed by atoms with Gasteiger partial charge in [0.2, 0.25) is 0 Å². The molecule has 0 aliphatic carbocycles. The minimum Gasteiger partial charge on any atom is -0.300 e. The average Bonchev–Trinajstić information content (AvgIpc) is 2.56. The maximum Gasteiger partial charge on any atom is 0.128 e. The lowest BCUT2D eigenvalue weighted by atomic mass is 10.2. The Morgan fingerprint density at radius 3 is 3.00 bits per heavy atom. The van der Waals surface area contributed by atoms with Crippen LogP contribution in [0.4, 0.5) is 4.39 Å². The Balaban J connectivity index is 2.27. The zero-order chi connectivity index (χ0) is 10.1. The van der Waals surface area contributed by atoms with Crippen molar-refractivity contribution in [1.82, 2.24) is 5.32 Å². The normalized spacial score (nSPS) is 26.8. The van der Waals surface area contributed by atoms with Crippen LogP contribution in [-0.4, -0.2) is 11.8 Å². The van der Waals surface area contributed by atoms with E-state index >= 15 is 0 Å². The van der Waals surface area contributed by atoms with E-state index in [4.69, 9.17) is 11.6 Å². The quantitative estimate of drug-likeness (QED) is 0.797. The molecule has 76 valence electrons. The van der Waals surface area contributed by atoms with Gasteiger partial charge >= 0.3 is 0 Å². The molecule has 1 aliphatic rings. The third-order valence-corrected chi connectivity index (χ3v) is 3.76. The fraction of sp³-hybridized carbons (Fsp3) is 0.400. The van der Waals surface area contributed by atoms with E-state index in [1.165, 1.54) is 6.07 Å². The molecule has 1 aliphatic heterocycles. The Kier molecular flexibility index (Phi) is 3.00. The molecule has 0 aromatic heterocycles. The van der Waals surface area contributed by atoms with E-state index < -0.39 is 0 Å². The number of hydrogen-bond acceptors (Lipinski definition) is 2. The van der Waals surface area contributed by atoms with Crippen LogP contribution >= 0.6 is 23.4 Å². The summed E-state index contributed by atoms with van der Waals surface area (Å²) in [5, 5.41) is 4.41. The highest BCUT2D eigenvalue weighted by Crippen LogP contribution is 2.36. The predicted octanol–water partition coefficient (Wildman–Crippen LogP) is 3.20. The van der Waals surface area contributed by atoms with Gasteiger partial charge < -0.3 is 5.32 Å². The molecule has 2 rings (SSSR count). The smallest absolute Gasteiger partial charge is 0.128 e. The molecule has 1 N–H and O–H groups in total. The zero-order valence-corrected chi connectivity index (χ0v) is 9.33. The van der Waals surface area contributed by atoms with Crippen LogP contribution in [-0.2, 0) is 0 Å². The van der Waals surface area contributed by atoms with E-state index in [2.05, 4.69) is 12.2 Å². The third kappa shape index (κ3) is 2.05. The van der Waals surface area contributed by atoms with Gasteiger partial charge in [0.05, 0.1) is 5.37 Å². The van der Waals surface area contributed by atoms with E-state index in [9.17, 15) is 4.39 Å². The first-order chi connectivity index (χ1) is 6.66. The molecular weight excluding hydrogens is 221 g/mol. The van der Waals surface area contributed by atoms with Crippen LogP contribution < -0.4 is 5.32 Å². The van der Waals surface area contributed by atoms with Crippen molar-refractivity contribution in [2.75, 3.05) is 6.54 Å². The van der Waals surface area contributed by atoms with Gasteiger partial charge in [-0.3, -0.25) is 0 Å². The standard InChI is InChI=1S/C10H11ClFNS/c1-6-5-13-10(14-6)8-4-7(11)2-3-9(8)12/h2-4,6,10,13H,5H2,1H3. The van der Waals surface area contributed by atoms with Gasteiger partial charge in [0.25, 0.3) is 0 Å². The Bertz CT molecular complexity index is 345. The van der Waals surface area contributed by atoms with Gasteiger partial charge in [-0.1, -0.05) is 18.5 Å². The largest absolute Gasteiger partial charge is 0.300 e. The number of halogens is 2. The first-order valence-electron chi connectivity index (χ1n) is 4.50. The van der Waals surface area contributed by atoms with Gasteiger partial charge in [0.15, 0.2) is 0 Å². The van der Waals surface area contributed by atoms with Gasteiger partial charge in [0, 0.05) is 22.4 Å². The molecular formula is C10H11ClFNS. The van der Waals surface area contributed by atoms with Gasteiger partial charge in [-0.05, 0) is 18.2 Å². The summed E-state index contributed by atoms with van der Waals surface area (Å²) < 4.78 is 13.4. The van der Waals surface area contributed by atoms with Crippen molar-refractivity contribution in [3.8, 4) is 0 Å². The maximum atomic E-state index is 13.4. The van der Waals surface area contributed by atoms with Crippen molar-refractivity contribution >= 4 is 23.4 Å². The molecule has 0 spiro atoms. The van der Waals surface area contributed by atoms with Crippen LogP contribution in [0.15, 0.2) is 18.2 Å². The third-order valence-electron chi connectivity index (χ3n) is 2.20. The highest BCUT2D eigenvalue weighted by molar-refractivity contribution is 8.00. The number of nitrogens with one attached hydrogen (secondary N) is 1. The lowest BCUT2D eigenvalue weighted by Crippen LogP contribution is -2.14. The van der Waals surface area contributed by atoms with Gasteiger partial charge in [0.1, 0.15) is 5.82 Å². The van der Waals surface area contributed by atoms with Crippen LogP contribution in [0, 0.1) is 5.82 Å². The summed E-state index contributed by atoms with van der Waals surface area (Å²) in [5.41, 5.74) is 0.659. The molecule has 0 radical (unpaired) electrons. The molecule has 2 unspecified atom stereocenters. The molecule has 1 aromatic rings. The molecule has 1 saturated heterocycles. The van der Waals surface area contributed by atoms with Crippen molar-refractivity contribution in [2.45, 2.75) is 17.5 Å². The number of hydrogen-bond donors (Lipinski definition) is 1. The van der Waals surface area contributed by atoms with Crippen LogP contribution in [0.25, 0.3) is 0 Å². The molecule has 14 heavy (non-hydrogen) atoms. The Labute approximate surface area is 92.0 Å². The van der Waals surface area contributed by atoms with Crippen LogP contribution in [0.5, 0.6) is 0 Å². The second kappa shape index (κ2) is 4.09. The first-order valence-corrected chi connectivity index (χ1v) is 5.82. The Morgan fingerprint density at radius 1 is 1.57 bits per heavy atom. The number of thioether (sulfide) groups is 1. The average molecular weight is 232 g/mol. The molecule has 2 atom stereocenters. The van der Waals surface area contributed by atoms with Crippen molar-refractivity contribution < 1.29 is 4.39 Å². The summed E-state index contributed by atoms with van der Waals surface area (Å²) >= 11 is 7.56. The predicted molar refractivity (Wildman–Crippen MR) is 59.2 cm³/mol. The summed E-state index contributed by atoms with van der Waals surface area (Å²) in [5.74, 6) is -0.187. The van der Waals surface area contributed by atoms with Crippen LogP contribution in [0.3, 0.4) is 0 Å². The molecule has 0 bridgehead atoms. The summed E-state index contributed by atoms with van der Waals surface area (Å²) in [7, 11) is 0. The summed E-state index contributed by atoms with van der Waals surface area (Å²) in [6.45, 7) is 3.04. The Hall–Kier alpha value is -0.250. The van der Waals surface area contributed by atoms with Gasteiger partial charge in [-0.2, -0.15) is 0 Å². The van der Waals surface area contributed by atoms with E-state index in [0.717, 1.165) is 6.54 Å². The van der Waals surface area contributed by atoms with Crippen molar-refractivity contribution in [3.05, 3.63) is 34.6 Å². The van der Waals surface area contributed by atoms with E-state index in [1.807, 2.05) is 0 Å². The summed E-state index contributed by atoms with van der Waals surface area (Å²) in [4.78, 5) is 0. The summed E-state index contributed by atoms with van der Waals surface area (Å²) in [6, 6.07) is 4.69. The lowest BCUT2D eigenvalue weighted by molar-refractivity contribution is 0.593. The van der Waals surface area contributed by atoms with E-state index in [-0.39, 0.29) is 11.2 Å². The highest BCUT2D eigenvalue weighted by Gasteiger charge is 2.24. The molecule has 0 amide bonds. The maximum absolute atomic E-state index is 13.4. The molecule has 1 aromatic carbocycles. The minimum atomic E-state index is -0.187. The van der Waals surface area contributed by atoms with Crippen molar-refractivity contribution in [2.24, 2.45) is 0 Å². The molecule has 1 nitrogen and oxygen atoms in total. The zero-order valence-electron chi connectivity index (χ0n) is 7.76. The number of rotatable bonds is 1. The van der Waals surface area contributed by atoms with Crippen LogP contribution in [0.2, 0.25) is 5.02 Å². The second-order valence-electron chi connectivity index (χ2n) is 3.40. The molecule has 1 fully saturated rings. The SMILES string of the molecule is CC1CNC(c2cc(Cl)ccc2F)S1. The fourth-order valence-corrected chi connectivity index (χ4v) is 2.86. The molecule has 0 saturated carbocycles. The van der Waals surface area contributed by atoms with Crippen LogP contribution in [0.1, 0.15) is 17.9 Å². The highest BCUT2D eigenvalue weighted by atomic mass is 35.5. The van der Waals surface area contributed by atoms with Crippen molar-refractivity contribution in [3.63, 3.8) is 0 Å². The minimum absolute atomic E-state index is 0.0451. The van der Waals surface area contributed by atoms with Gasteiger partial charge in [-0.25, -0.2) is 4.39 Å². The van der Waals surface area contributed by atoms with E-state index in [1.54, 1.807) is 23.9 Å². The summed E-state index contributed by atoms with van der Waals surface area (Å²) in [6.07, 6.45) is 0. The Morgan fingerprint density at radius 2 is 2.36 bits per heavy atom. The lowest BCUT2D eigenvalue weighted by Gasteiger charge is -2.11. The first kappa shape index (κ1) is 10.3. The molecule has 1 heterocycles.